The fourth-order valence-electron chi connectivity index (χ4n) is 1.42. The highest BCUT2D eigenvalue weighted by Gasteiger charge is 2.22. The summed E-state index contributed by atoms with van der Waals surface area (Å²) in [4.78, 5) is 12.8. The third-order valence-corrected chi connectivity index (χ3v) is 2.09. The van der Waals surface area contributed by atoms with Crippen molar-refractivity contribution in [3.63, 3.8) is 0 Å². The number of carboxylic acid groups (broad SMARTS) is 1. The monoisotopic (exact) mass is 187 g/mol. The molecule has 0 aliphatic carbocycles. The zero-order valence-corrected chi connectivity index (χ0v) is 9.08. The lowest BCUT2D eigenvalue weighted by Gasteiger charge is -2.25. The van der Waals surface area contributed by atoms with Crippen LogP contribution in [0.4, 0.5) is 0 Å². The molecule has 0 aromatic heterocycles. The van der Waals surface area contributed by atoms with Crippen molar-refractivity contribution >= 4 is 5.97 Å². The third kappa shape index (κ3) is 4.88. The summed E-state index contributed by atoms with van der Waals surface area (Å²) in [6.07, 6.45) is 1.73. The Balaban J connectivity index is 4.15. The molecule has 13 heavy (non-hydrogen) atoms. The van der Waals surface area contributed by atoms with E-state index in [9.17, 15) is 4.79 Å². The number of nitrogens with zero attached hydrogens (tertiary/aromatic N) is 1. The standard InChI is InChI=1S/C10H21NO2/c1-5-6-11(4)9(10(12)13)7-8(2)3/h8-9H,5-7H2,1-4H3,(H,12,13). The molecule has 0 spiro atoms. The Bertz CT molecular complexity index is 157. The van der Waals surface area contributed by atoms with Crippen LogP contribution in [0.15, 0.2) is 0 Å². The minimum Gasteiger partial charge on any atom is -0.480 e. The van der Waals surface area contributed by atoms with E-state index in [4.69, 9.17) is 5.11 Å². The van der Waals surface area contributed by atoms with Gasteiger partial charge in [0.1, 0.15) is 6.04 Å². The van der Waals surface area contributed by atoms with Gasteiger partial charge in [0.05, 0.1) is 0 Å². The van der Waals surface area contributed by atoms with Crippen LogP contribution in [0.25, 0.3) is 0 Å². The molecule has 0 aromatic rings. The number of aliphatic carboxylic acids is 1. The first-order chi connectivity index (χ1) is 5.99. The molecule has 0 aliphatic heterocycles. The smallest absolute Gasteiger partial charge is 0.320 e. The van der Waals surface area contributed by atoms with Gasteiger partial charge in [0, 0.05) is 0 Å². The van der Waals surface area contributed by atoms with Crippen molar-refractivity contribution in [2.75, 3.05) is 13.6 Å². The molecule has 3 nitrogen and oxygen atoms in total. The van der Waals surface area contributed by atoms with Crippen molar-refractivity contribution in [2.45, 2.75) is 39.7 Å². The van der Waals surface area contributed by atoms with E-state index in [1.54, 1.807) is 0 Å². The lowest BCUT2D eigenvalue weighted by molar-refractivity contribution is -0.143. The van der Waals surface area contributed by atoms with Crippen molar-refractivity contribution < 1.29 is 9.90 Å². The zero-order valence-electron chi connectivity index (χ0n) is 9.08. The van der Waals surface area contributed by atoms with E-state index in [1.807, 2.05) is 11.9 Å². The summed E-state index contributed by atoms with van der Waals surface area (Å²) in [5.41, 5.74) is 0. The Kier molecular flexibility index (Phi) is 5.71. The van der Waals surface area contributed by atoms with Crippen LogP contribution in [0.5, 0.6) is 0 Å². The summed E-state index contributed by atoms with van der Waals surface area (Å²) in [7, 11) is 1.88. The number of likely N-dealkylation sites (N-methyl/N-ethyl adjacent to an activating group) is 1. The van der Waals surface area contributed by atoms with Gasteiger partial charge < -0.3 is 5.11 Å². The molecule has 0 fully saturated rings. The van der Waals surface area contributed by atoms with Crippen molar-refractivity contribution in [3.05, 3.63) is 0 Å². The van der Waals surface area contributed by atoms with Crippen LogP contribution >= 0.6 is 0 Å². The van der Waals surface area contributed by atoms with Crippen LogP contribution in [0.1, 0.15) is 33.6 Å². The highest BCUT2D eigenvalue weighted by Crippen LogP contribution is 2.10. The van der Waals surface area contributed by atoms with Crippen molar-refractivity contribution in [1.82, 2.24) is 4.90 Å². The second kappa shape index (κ2) is 5.97. The lowest BCUT2D eigenvalue weighted by atomic mass is 10.0. The predicted octanol–water partition coefficient (Wildman–Crippen LogP) is 1.83. The SMILES string of the molecule is CCCN(C)C(CC(C)C)C(=O)O. The Morgan fingerprint density at radius 3 is 2.31 bits per heavy atom. The Hall–Kier alpha value is -0.570. The van der Waals surface area contributed by atoms with Gasteiger partial charge in [-0.25, -0.2) is 0 Å². The van der Waals surface area contributed by atoms with E-state index >= 15 is 0 Å². The van der Waals surface area contributed by atoms with Crippen LogP contribution < -0.4 is 0 Å². The highest BCUT2D eigenvalue weighted by atomic mass is 16.4. The fourth-order valence-corrected chi connectivity index (χ4v) is 1.42. The summed E-state index contributed by atoms with van der Waals surface area (Å²) in [6, 6.07) is -0.319. The Labute approximate surface area is 80.7 Å². The molecule has 0 aliphatic rings. The Morgan fingerprint density at radius 1 is 1.46 bits per heavy atom. The van der Waals surface area contributed by atoms with E-state index in [-0.39, 0.29) is 6.04 Å². The van der Waals surface area contributed by atoms with E-state index in [1.165, 1.54) is 0 Å². The molecule has 3 heteroatoms. The number of carboxylic acids is 1. The quantitative estimate of drug-likeness (QED) is 0.689. The van der Waals surface area contributed by atoms with Gasteiger partial charge in [-0.15, -0.1) is 0 Å². The van der Waals surface area contributed by atoms with Crippen LogP contribution in [-0.4, -0.2) is 35.6 Å². The molecule has 78 valence electrons. The van der Waals surface area contributed by atoms with Gasteiger partial charge in [-0.3, -0.25) is 9.69 Å². The fraction of sp³-hybridized carbons (Fsp3) is 0.900. The number of hydrogen-bond acceptors (Lipinski definition) is 2. The first-order valence-electron chi connectivity index (χ1n) is 4.92. The molecular weight excluding hydrogens is 166 g/mol. The van der Waals surface area contributed by atoms with Gasteiger partial charge >= 0.3 is 5.97 Å². The van der Waals surface area contributed by atoms with E-state index in [0.717, 1.165) is 19.4 Å². The molecule has 1 N–H and O–H groups in total. The van der Waals surface area contributed by atoms with Crippen LogP contribution in [-0.2, 0) is 4.79 Å². The van der Waals surface area contributed by atoms with Crippen LogP contribution in [0.2, 0.25) is 0 Å². The molecular formula is C10H21NO2. The van der Waals surface area contributed by atoms with Gasteiger partial charge in [0.25, 0.3) is 0 Å². The summed E-state index contributed by atoms with van der Waals surface area (Å²) < 4.78 is 0. The van der Waals surface area contributed by atoms with Gasteiger partial charge in [-0.05, 0) is 32.4 Å². The highest BCUT2D eigenvalue weighted by molar-refractivity contribution is 5.73. The van der Waals surface area contributed by atoms with Crippen molar-refractivity contribution in [3.8, 4) is 0 Å². The summed E-state index contributed by atoms with van der Waals surface area (Å²) in [5.74, 6) is -0.273. The number of hydrogen-bond donors (Lipinski definition) is 1. The first-order valence-corrected chi connectivity index (χ1v) is 4.92. The van der Waals surface area contributed by atoms with E-state index in [2.05, 4.69) is 20.8 Å². The van der Waals surface area contributed by atoms with Gasteiger partial charge in [-0.1, -0.05) is 20.8 Å². The second-order valence-electron chi connectivity index (χ2n) is 3.96. The first kappa shape index (κ1) is 12.4. The topological polar surface area (TPSA) is 40.5 Å². The third-order valence-electron chi connectivity index (χ3n) is 2.09. The summed E-state index contributed by atoms with van der Waals surface area (Å²) in [6.45, 7) is 7.01. The lowest BCUT2D eigenvalue weighted by Crippen LogP contribution is -2.39. The minimum absolute atomic E-state index is 0.319. The molecule has 0 amide bonds. The van der Waals surface area contributed by atoms with Crippen LogP contribution in [0.3, 0.4) is 0 Å². The average molecular weight is 187 g/mol. The van der Waals surface area contributed by atoms with Crippen molar-refractivity contribution in [2.24, 2.45) is 5.92 Å². The van der Waals surface area contributed by atoms with Gasteiger partial charge in [-0.2, -0.15) is 0 Å². The molecule has 0 heterocycles. The van der Waals surface area contributed by atoms with E-state index in [0.29, 0.717) is 5.92 Å². The van der Waals surface area contributed by atoms with Crippen molar-refractivity contribution in [1.29, 1.82) is 0 Å². The average Bonchev–Trinajstić information content (AvgIpc) is 1.99. The maximum atomic E-state index is 10.9. The molecule has 0 radical (unpaired) electrons. The molecule has 0 bridgehead atoms. The Morgan fingerprint density at radius 2 is 2.00 bits per heavy atom. The molecule has 1 atom stereocenters. The minimum atomic E-state index is -0.704. The maximum Gasteiger partial charge on any atom is 0.320 e. The maximum absolute atomic E-state index is 10.9. The van der Waals surface area contributed by atoms with E-state index < -0.39 is 5.97 Å². The van der Waals surface area contributed by atoms with Crippen LogP contribution in [0, 0.1) is 5.92 Å². The molecule has 0 rings (SSSR count). The largest absolute Gasteiger partial charge is 0.480 e. The summed E-state index contributed by atoms with van der Waals surface area (Å²) >= 11 is 0. The molecule has 0 saturated heterocycles. The van der Waals surface area contributed by atoms with Gasteiger partial charge in [0.15, 0.2) is 0 Å². The molecule has 0 aromatic carbocycles. The number of carbonyl (C=O) groups is 1. The predicted molar refractivity (Wildman–Crippen MR) is 53.8 cm³/mol. The zero-order chi connectivity index (χ0) is 10.4. The van der Waals surface area contributed by atoms with Gasteiger partial charge in [0.2, 0.25) is 0 Å². The second-order valence-corrected chi connectivity index (χ2v) is 3.96. The molecule has 1 unspecified atom stereocenters. The number of rotatable bonds is 6. The normalized spacial score (nSPS) is 13.7. The molecule has 0 saturated carbocycles. The summed E-state index contributed by atoms with van der Waals surface area (Å²) in [5, 5.41) is 8.98.